The topological polar surface area (TPSA) is 40.5 Å². The molecule has 2 rings (SSSR count). The van der Waals surface area contributed by atoms with Gasteiger partial charge in [0.1, 0.15) is 6.17 Å². The molecule has 1 heterocycles. The van der Waals surface area contributed by atoms with Gasteiger partial charge in [-0.25, -0.2) is 9.18 Å². The lowest BCUT2D eigenvalue weighted by molar-refractivity contribution is 0.138. The highest BCUT2D eigenvalue weighted by Gasteiger charge is 2.36. The third-order valence-electron chi connectivity index (χ3n) is 2.76. The summed E-state index contributed by atoms with van der Waals surface area (Å²) in [7, 11) is 0. The number of rotatable bonds is 1. The van der Waals surface area contributed by atoms with E-state index in [-0.39, 0.29) is 19.0 Å². The Labute approximate surface area is 101 Å². The van der Waals surface area contributed by atoms with Crippen LogP contribution in [0.15, 0.2) is 28.7 Å². The predicted molar refractivity (Wildman–Crippen MR) is 61.1 cm³/mol. The minimum atomic E-state index is -1.08. The molecule has 1 aliphatic heterocycles. The van der Waals surface area contributed by atoms with E-state index in [9.17, 15) is 9.18 Å². The molecule has 0 spiro atoms. The van der Waals surface area contributed by atoms with Crippen molar-refractivity contribution in [1.82, 2.24) is 4.90 Å². The Morgan fingerprint density at radius 2 is 2.19 bits per heavy atom. The number of alkyl halides is 1. The average Bonchev–Trinajstić information content (AvgIpc) is 2.61. The molecule has 0 aromatic heterocycles. The summed E-state index contributed by atoms with van der Waals surface area (Å²) in [6.07, 6.45) is -1.91. The molecule has 16 heavy (non-hydrogen) atoms. The molecular weight excluding hydrogens is 277 g/mol. The summed E-state index contributed by atoms with van der Waals surface area (Å²) < 4.78 is 14.1. The van der Waals surface area contributed by atoms with Gasteiger partial charge in [0, 0.05) is 10.9 Å². The maximum atomic E-state index is 13.3. The van der Waals surface area contributed by atoms with Crippen molar-refractivity contribution in [3.63, 3.8) is 0 Å². The van der Waals surface area contributed by atoms with E-state index in [4.69, 9.17) is 5.11 Å². The molecule has 0 aliphatic carbocycles. The normalized spacial score (nSPS) is 24.8. The van der Waals surface area contributed by atoms with Crippen molar-refractivity contribution < 1.29 is 14.3 Å². The van der Waals surface area contributed by atoms with E-state index in [0.29, 0.717) is 0 Å². The largest absolute Gasteiger partial charge is 0.465 e. The molecular formula is C11H11BrFNO2. The van der Waals surface area contributed by atoms with Gasteiger partial charge in [-0.15, -0.1) is 0 Å². The number of hydrogen-bond acceptors (Lipinski definition) is 1. The summed E-state index contributed by atoms with van der Waals surface area (Å²) in [5.74, 6) is 0. The van der Waals surface area contributed by atoms with Crippen molar-refractivity contribution in [1.29, 1.82) is 0 Å². The zero-order valence-corrected chi connectivity index (χ0v) is 10.0. The molecule has 2 unspecified atom stereocenters. The van der Waals surface area contributed by atoms with Crippen LogP contribution in [0.25, 0.3) is 0 Å². The summed E-state index contributed by atoms with van der Waals surface area (Å²) in [5, 5.41) is 9.00. The molecule has 1 saturated heterocycles. The first kappa shape index (κ1) is 11.4. The summed E-state index contributed by atoms with van der Waals surface area (Å²) in [6.45, 7) is -0.0403. The predicted octanol–water partition coefficient (Wildman–Crippen LogP) is 3.21. The number of halogens is 2. The van der Waals surface area contributed by atoms with Crippen LogP contribution in [0.2, 0.25) is 0 Å². The Morgan fingerprint density at radius 3 is 2.81 bits per heavy atom. The van der Waals surface area contributed by atoms with E-state index in [0.717, 1.165) is 14.9 Å². The summed E-state index contributed by atoms with van der Waals surface area (Å²) >= 11 is 3.36. The molecule has 0 saturated carbocycles. The van der Waals surface area contributed by atoms with E-state index in [1.54, 1.807) is 0 Å². The van der Waals surface area contributed by atoms with E-state index in [2.05, 4.69) is 15.9 Å². The van der Waals surface area contributed by atoms with Crippen LogP contribution in [0, 0.1) is 0 Å². The smallest absolute Gasteiger partial charge is 0.407 e. The van der Waals surface area contributed by atoms with Crippen molar-refractivity contribution >= 4 is 22.0 Å². The first-order chi connectivity index (χ1) is 7.59. The second kappa shape index (κ2) is 4.41. The van der Waals surface area contributed by atoms with Crippen LogP contribution < -0.4 is 0 Å². The highest BCUT2D eigenvalue weighted by atomic mass is 79.9. The Balaban J connectivity index is 2.33. The van der Waals surface area contributed by atoms with Gasteiger partial charge >= 0.3 is 6.09 Å². The fraction of sp³-hybridized carbons (Fsp3) is 0.364. The molecule has 86 valence electrons. The monoisotopic (exact) mass is 287 g/mol. The second-order valence-electron chi connectivity index (χ2n) is 3.81. The van der Waals surface area contributed by atoms with E-state index >= 15 is 0 Å². The van der Waals surface area contributed by atoms with Gasteiger partial charge in [0.2, 0.25) is 0 Å². The molecule has 1 aliphatic rings. The first-order valence-corrected chi connectivity index (χ1v) is 5.77. The van der Waals surface area contributed by atoms with Crippen LogP contribution in [0.4, 0.5) is 9.18 Å². The number of likely N-dealkylation sites (tertiary alicyclic amines) is 1. The highest BCUT2D eigenvalue weighted by molar-refractivity contribution is 9.10. The first-order valence-electron chi connectivity index (χ1n) is 4.97. The van der Waals surface area contributed by atoms with Crippen LogP contribution in [-0.2, 0) is 0 Å². The van der Waals surface area contributed by atoms with Crippen LogP contribution in [0.3, 0.4) is 0 Å². The van der Waals surface area contributed by atoms with Crippen molar-refractivity contribution in [2.45, 2.75) is 18.6 Å². The molecule has 0 bridgehead atoms. The molecule has 1 fully saturated rings. The van der Waals surface area contributed by atoms with Gasteiger partial charge in [0.15, 0.2) is 0 Å². The highest BCUT2D eigenvalue weighted by Crippen LogP contribution is 2.36. The molecule has 1 aromatic carbocycles. The number of nitrogens with zero attached hydrogens (tertiary/aromatic N) is 1. The molecule has 3 nitrogen and oxygen atoms in total. The third kappa shape index (κ3) is 2.04. The van der Waals surface area contributed by atoms with Gasteiger partial charge in [-0.3, -0.25) is 4.90 Å². The Kier molecular flexibility index (Phi) is 3.14. The van der Waals surface area contributed by atoms with E-state index < -0.39 is 12.3 Å². The van der Waals surface area contributed by atoms with Gasteiger partial charge in [-0.05, 0) is 11.6 Å². The summed E-state index contributed by atoms with van der Waals surface area (Å²) in [5.41, 5.74) is 0.824. The number of carboxylic acid groups (broad SMARTS) is 1. The quantitative estimate of drug-likeness (QED) is 0.862. The van der Waals surface area contributed by atoms with Gasteiger partial charge < -0.3 is 5.11 Å². The van der Waals surface area contributed by atoms with Crippen LogP contribution >= 0.6 is 15.9 Å². The maximum absolute atomic E-state index is 13.3. The lowest BCUT2D eigenvalue weighted by Gasteiger charge is -2.22. The zero-order chi connectivity index (χ0) is 11.7. The molecule has 1 amide bonds. The zero-order valence-electron chi connectivity index (χ0n) is 8.44. The SMILES string of the molecule is O=C(O)N1CC(F)CC1c1ccccc1Br. The molecule has 1 N–H and O–H groups in total. The number of carbonyl (C=O) groups is 1. The Morgan fingerprint density at radius 1 is 1.50 bits per heavy atom. The van der Waals surface area contributed by atoms with Crippen molar-refractivity contribution in [3.05, 3.63) is 34.3 Å². The lowest BCUT2D eigenvalue weighted by Crippen LogP contribution is -2.29. The number of benzene rings is 1. The number of amides is 1. The van der Waals surface area contributed by atoms with Gasteiger partial charge in [0.25, 0.3) is 0 Å². The minimum Gasteiger partial charge on any atom is -0.465 e. The summed E-state index contributed by atoms with van der Waals surface area (Å²) in [6, 6.07) is 6.94. The second-order valence-corrected chi connectivity index (χ2v) is 4.66. The van der Waals surface area contributed by atoms with Crippen LogP contribution in [-0.4, -0.2) is 28.8 Å². The number of hydrogen-bond donors (Lipinski definition) is 1. The van der Waals surface area contributed by atoms with Crippen molar-refractivity contribution in [2.24, 2.45) is 0 Å². The molecule has 1 aromatic rings. The molecule has 2 atom stereocenters. The fourth-order valence-electron chi connectivity index (χ4n) is 2.04. The van der Waals surface area contributed by atoms with Gasteiger partial charge in [-0.2, -0.15) is 0 Å². The molecule has 0 radical (unpaired) electrons. The Bertz CT molecular complexity index is 413. The standard InChI is InChI=1S/C11H11BrFNO2/c12-9-4-2-1-3-8(9)10-5-7(13)6-14(10)11(15)16/h1-4,7,10H,5-6H2,(H,15,16). The average molecular weight is 288 g/mol. The fourth-order valence-corrected chi connectivity index (χ4v) is 2.59. The lowest BCUT2D eigenvalue weighted by atomic mass is 10.0. The van der Waals surface area contributed by atoms with Crippen molar-refractivity contribution in [3.8, 4) is 0 Å². The minimum absolute atomic E-state index is 0.0403. The van der Waals surface area contributed by atoms with E-state index in [1.165, 1.54) is 0 Å². The van der Waals surface area contributed by atoms with E-state index in [1.807, 2.05) is 24.3 Å². The maximum Gasteiger partial charge on any atom is 0.407 e. The van der Waals surface area contributed by atoms with Crippen molar-refractivity contribution in [2.75, 3.05) is 6.54 Å². The molecule has 5 heteroatoms. The van der Waals surface area contributed by atoms with Gasteiger partial charge in [0.05, 0.1) is 12.6 Å². The van der Waals surface area contributed by atoms with Crippen LogP contribution in [0.1, 0.15) is 18.0 Å². The van der Waals surface area contributed by atoms with Gasteiger partial charge in [-0.1, -0.05) is 34.1 Å². The third-order valence-corrected chi connectivity index (χ3v) is 3.48. The summed E-state index contributed by atoms with van der Waals surface area (Å²) in [4.78, 5) is 12.1. The van der Waals surface area contributed by atoms with Crippen LogP contribution in [0.5, 0.6) is 0 Å². The Hall–Kier alpha value is -1.10.